The van der Waals surface area contributed by atoms with Crippen LogP contribution in [0.2, 0.25) is 0 Å². The number of ether oxygens (including phenoxy) is 3. The first-order chi connectivity index (χ1) is 15.9. The molecule has 0 radical (unpaired) electrons. The Hall–Kier alpha value is -3.79. The van der Waals surface area contributed by atoms with E-state index in [0.717, 1.165) is 4.31 Å². The average molecular weight is 472 g/mol. The molecule has 33 heavy (non-hydrogen) atoms. The fourth-order valence-corrected chi connectivity index (χ4v) is 4.50. The van der Waals surface area contributed by atoms with E-state index in [1.54, 1.807) is 42.6 Å². The molecule has 1 heterocycles. The first-order valence-corrected chi connectivity index (χ1v) is 11.5. The van der Waals surface area contributed by atoms with Crippen molar-refractivity contribution in [3.05, 3.63) is 67.0 Å². The number of carbonyl (C=O) groups excluding carboxylic acids is 1. The van der Waals surface area contributed by atoms with Gasteiger partial charge in [-0.05, 0) is 55.5 Å². The fraction of sp³-hybridized carbons (Fsp3) is 0.217. The molecule has 0 unspecified atom stereocenters. The molecule has 0 aliphatic heterocycles. The Labute approximate surface area is 193 Å². The van der Waals surface area contributed by atoms with Gasteiger partial charge in [-0.1, -0.05) is 0 Å². The Morgan fingerprint density at radius 2 is 1.76 bits per heavy atom. The van der Waals surface area contributed by atoms with E-state index < -0.39 is 22.5 Å². The maximum atomic E-state index is 13.6. The van der Waals surface area contributed by atoms with Crippen LogP contribution in [0.4, 0.5) is 11.4 Å². The van der Waals surface area contributed by atoms with Crippen LogP contribution in [-0.2, 0) is 14.8 Å². The second-order valence-corrected chi connectivity index (χ2v) is 8.61. The molecule has 0 saturated heterocycles. The highest BCUT2D eigenvalue weighted by atomic mass is 32.2. The van der Waals surface area contributed by atoms with Crippen LogP contribution in [0.15, 0.2) is 71.9 Å². The van der Waals surface area contributed by atoms with Crippen LogP contribution < -0.4 is 23.8 Å². The van der Waals surface area contributed by atoms with Crippen molar-refractivity contribution in [3.63, 3.8) is 0 Å². The van der Waals surface area contributed by atoms with E-state index in [1.807, 2.05) is 6.92 Å². The lowest BCUT2D eigenvalue weighted by Crippen LogP contribution is -2.38. The van der Waals surface area contributed by atoms with E-state index in [0.29, 0.717) is 29.5 Å². The summed E-state index contributed by atoms with van der Waals surface area (Å²) >= 11 is 0. The van der Waals surface area contributed by atoms with Crippen LogP contribution in [0.1, 0.15) is 6.92 Å². The Bertz CT molecular complexity index is 1180. The summed E-state index contributed by atoms with van der Waals surface area (Å²) in [6.07, 6.45) is 3.05. The molecule has 0 fully saturated rings. The van der Waals surface area contributed by atoms with Crippen molar-refractivity contribution < 1.29 is 27.4 Å². The molecule has 3 rings (SSSR count). The number of pyridine rings is 1. The van der Waals surface area contributed by atoms with Gasteiger partial charge in [0.1, 0.15) is 12.3 Å². The van der Waals surface area contributed by atoms with Crippen molar-refractivity contribution in [1.82, 2.24) is 4.98 Å². The van der Waals surface area contributed by atoms with Crippen LogP contribution in [0.25, 0.3) is 0 Å². The highest BCUT2D eigenvalue weighted by Crippen LogP contribution is 2.32. The van der Waals surface area contributed by atoms with Crippen LogP contribution in [0.3, 0.4) is 0 Å². The summed E-state index contributed by atoms with van der Waals surface area (Å²) in [5.41, 5.74) is 0.757. The molecule has 1 amide bonds. The van der Waals surface area contributed by atoms with Gasteiger partial charge in [0.15, 0.2) is 11.5 Å². The predicted octanol–water partition coefficient (Wildman–Crippen LogP) is 3.33. The van der Waals surface area contributed by atoms with Gasteiger partial charge in [0.05, 0.1) is 43.3 Å². The number of anilines is 2. The third kappa shape index (κ3) is 5.72. The van der Waals surface area contributed by atoms with E-state index in [9.17, 15) is 13.2 Å². The molecule has 3 aromatic rings. The third-order valence-electron chi connectivity index (χ3n) is 4.61. The number of rotatable bonds is 10. The number of nitrogens with zero attached hydrogens (tertiary/aromatic N) is 2. The summed E-state index contributed by atoms with van der Waals surface area (Å²) in [5.74, 6) is 0.703. The third-order valence-corrected chi connectivity index (χ3v) is 6.38. The van der Waals surface area contributed by atoms with Crippen LogP contribution in [0, 0.1) is 0 Å². The standard InChI is InChI=1S/C23H25N3O6S/c1-4-32-19-9-7-18(8-10-19)26(16-23(27)25-17-6-5-13-24-15-17)33(28,29)20-11-12-21(30-2)22(14-20)31-3/h5-15H,4,16H2,1-3H3,(H,25,27). The molecule has 0 atom stereocenters. The Kier molecular flexibility index (Phi) is 7.73. The highest BCUT2D eigenvalue weighted by molar-refractivity contribution is 7.92. The summed E-state index contributed by atoms with van der Waals surface area (Å²) in [7, 11) is -1.27. The molecule has 1 N–H and O–H groups in total. The highest BCUT2D eigenvalue weighted by Gasteiger charge is 2.28. The molecule has 2 aromatic carbocycles. The van der Waals surface area contributed by atoms with E-state index >= 15 is 0 Å². The molecule has 0 aliphatic rings. The van der Waals surface area contributed by atoms with Crippen LogP contribution >= 0.6 is 0 Å². The summed E-state index contributed by atoms with van der Waals surface area (Å²) in [5, 5.41) is 2.66. The number of methoxy groups -OCH3 is 2. The number of sulfonamides is 1. The number of hydrogen-bond acceptors (Lipinski definition) is 7. The van der Waals surface area contributed by atoms with Gasteiger partial charge in [0.25, 0.3) is 10.0 Å². The fourth-order valence-electron chi connectivity index (χ4n) is 3.06. The molecule has 0 bridgehead atoms. The molecule has 10 heteroatoms. The molecule has 0 aliphatic carbocycles. The van der Waals surface area contributed by atoms with Gasteiger partial charge in [0.2, 0.25) is 5.91 Å². The van der Waals surface area contributed by atoms with Gasteiger partial charge >= 0.3 is 0 Å². The first-order valence-electron chi connectivity index (χ1n) is 10.1. The van der Waals surface area contributed by atoms with Crippen molar-refractivity contribution in [1.29, 1.82) is 0 Å². The summed E-state index contributed by atoms with van der Waals surface area (Å²) in [4.78, 5) is 16.6. The molecular weight excluding hydrogens is 446 g/mol. The Balaban J connectivity index is 1.98. The van der Waals surface area contributed by atoms with Gasteiger partial charge in [-0.3, -0.25) is 14.1 Å². The topological polar surface area (TPSA) is 107 Å². The number of carbonyl (C=O) groups is 1. The molecule has 0 saturated carbocycles. The summed E-state index contributed by atoms with van der Waals surface area (Å²) in [6.45, 7) is 1.87. The van der Waals surface area contributed by atoms with Crippen molar-refractivity contribution in [3.8, 4) is 17.2 Å². The largest absolute Gasteiger partial charge is 0.494 e. The summed E-state index contributed by atoms with van der Waals surface area (Å²) < 4.78 is 44.1. The van der Waals surface area contributed by atoms with Gasteiger partial charge in [-0.25, -0.2) is 8.42 Å². The van der Waals surface area contributed by atoms with E-state index in [2.05, 4.69) is 10.3 Å². The number of amides is 1. The number of aromatic nitrogens is 1. The first kappa shape index (κ1) is 23.9. The minimum absolute atomic E-state index is 0.0526. The minimum Gasteiger partial charge on any atom is -0.494 e. The lowest BCUT2D eigenvalue weighted by Gasteiger charge is -2.24. The monoisotopic (exact) mass is 471 g/mol. The average Bonchev–Trinajstić information content (AvgIpc) is 2.83. The molecule has 1 aromatic heterocycles. The Morgan fingerprint density at radius 1 is 1.03 bits per heavy atom. The van der Waals surface area contributed by atoms with Gasteiger partial charge in [-0.2, -0.15) is 0 Å². The maximum absolute atomic E-state index is 13.6. The predicted molar refractivity (Wildman–Crippen MR) is 125 cm³/mol. The van der Waals surface area contributed by atoms with Crippen molar-refractivity contribution in [2.75, 3.05) is 37.0 Å². The number of benzene rings is 2. The van der Waals surface area contributed by atoms with E-state index in [-0.39, 0.29) is 10.6 Å². The zero-order chi connectivity index (χ0) is 23.8. The maximum Gasteiger partial charge on any atom is 0.264 e. The zero-order valence-electron chi connectivity index (χ0n) is 18.5. The van der Waals surface area contributed by atoms with E-state index in [1.165, 1.54) is 38.6 Å². The van der Waals surface area contributed by atoms with Gasteiger partial charge in [0, 0.05) is 12.3 Å². The van der Waals surface area contributed by atoms with Crippen molar-refractivity contribution in [2.45, 2.75) is 11.8 Å². The molecule has 174 valence electrons. The molecular formula is C23H25N3O6S. The summed E-state index contributed by atoms with van der Waals surface area (Å²) in [6, 6.07) is 14.0. The zero-order valence-corrected chi connectivity index (χ0v) is 19.3. The second kappa shape index (κ2) is 10.7. The molecule has 9 nitrogen and oxygen atoms in total. The van der Waals surface area contributed by atoms with Crippen molar-refractivity contribution >= 4 is 27.3 Å². The van der Waals surface area contributed by atoms with E-state index in [4.69, 9.17) is 14.2 Å². The quantitative estimate of drug-likeness (QED) is 0.483. The number of hydrogen-bond donors (Lipinski definition) is 1. The lowest BCUT2D eigenvalue weighted by molar-refractivity contribution is -0.114. The smallest absolute Gasteiger partial charge is 0.264 e. The number of nitrogens with one attached hydrogen (secondary N) is 1. The van der Waals surface area contributed by atoms with Crippen LogP contribution in [0.5, 0.6) is 17.2 Å². The Morgan fingerprint density at radius 3 is 2.36 bits per heavy atom. The van der Waals surface area contributed by atoms with Crippen LogP contribution in [-0.4, -0.2) is 46.7 Å². The minimum atomic E-state index is -4.14. The second-order valence-electron chi connectivity index (χ2n) is 6.75. The molecule has 0 spiro atoms. The SMILES string of the molecule is CCOc1ccc(N(CC(=O)Nc2cccnc2)S(=O)(=O)c2ccc(OC)c(OC)c2)cc1. The van der Waals surface area contributed by atoms with Gasteiger partial charge < -0.3 is 19.5 Å². The van der Waals surface area contributed by atoms with Crippen molar-refractivity contribution in [2.24, 2.45) is 0 Å². The normalized spacial score (nSPS) is 10.9. The van der Waals surface area contributed by atoms with Gasteiger partial charge in [-0.15, -0.1) is 0 Å². The lowest BCUT2D eigenvalue weighted by atomic mass is 10.3.